The summed E-state index contributed by atoms with van der Waals surface area (Å²) in [5.41, 5.74) is 1.79. The minimum absolute atomic E-state index is 0.228. The smallest absolute Gasteiger partial charge is 0.344 e. The maximum absolute atomic E-state index is 12.9. The first-order chi connectivity index (χ1) is 16.9. The highest BCUT2D eigenvalue weighted by Crippen LogP contribution is 2.35. The van der Waals surface area contributed by atoms with E-state index in [9.17, 15) is 9.59 Å². The Bertz CT molecular complexity index is 1450. The van der Waals surface area contributed by atoms with Crippen LogP contribution in [0.25, 0.3) is 22.1 Å². The van der Waals surface area contributed by atoms with Gasteiger partial charge < -0.3 is 28.1 Å². The standard InChI is InChI=1S/C27H24O8/c1-15-21-8-7-18(34-26(28)17-10-19(30-2)13-20(11-17)31-3)14-23(21)35-27(29)25(15)16-6-9-22(32-4)24(12-16)33-5/h6-14H,1-5H3. The van der Waals surface area contributed by atoms with Crippen LogP contribution in [-0.4, -0.2) is 34.4 Å². The van der Waals surface area contributed by atoms with Crippen molar-refractivity contribution in [3.05, 3.63) is 76.1 Å². The lowest BCUT2D eigenvalue weighted by atomic mass is 9.99. The summed E-state index contributed by atoms with van der Waals surface area (Å²) < 4.78 is 32.2. The highest BCUT2D eigenvalue weighted by atomic mass is 16.5. The van der Waals surface area contributed by atoms with Crippen molar-refractivity contribution in [2.75, 3.05) is 28.4 Å². The topological polar surface area (TPSA) is 93.4 Å². The normalized spacial score (nSPS) is 10.7. The molecular weight excluding hydrogens is 452 g/mol. The number of esters is 1. The molecule has 0 saturated carbocycles. The molecule has 4 aromatic rings. The van der Waals surface area contributed by atoms with E-state index in [4.69, 9.17) is 28.1 Å². The van der Waals surface area contributed by atoms with E-state index in [1.165, 1.54) is 27.4 Å². The number of carbonyl (C=O) groups excluding carboxylic acids is 1. The van der Waals surface area contributed by atoms with Gasteiger partial charge in [0.15, 0.2) is 11.5 Å². The van der Waals surface area contributed by atoms with E-state index in [1.807, 2.05) is 6.92 Å². The van der Waals surface area contributed by atoms with E-state index in [0.717, 1.165) is 5.56 Å². The molecule has 8 nitrogen and oxygen atoms in total. The predicted octanol–water partition coefficient (Wildman–Crippen LogP) is 5.02. The lowest BCUT2D eigenvalue weighted by molar-refractivity contribution is 0.0734. The number of fused-ring (bicyclic) bond motifs is 1. The van der Waals surface area contributed by atoms with Gasteiger partial charge >= 0.3 is 11.6 Å². The van der Waals surface area contributed by atoms with Crippen LogP contribution in [0.4, 0.5) is 0 Å². The molecule has 35 heavy (non-hydrogen) atoms. The summed E-state index contributed by atoms with van der Waals surface area (Å²) in [4.78, 5) is 25.7. The summed E-state index contributed by atoms with van der Waals surface area (Å²) in [6.07, 6.45) is 0. The summed E-state index contributed by atoms with van der Waals surface area (Å²) >= 11 is 0. The monoisotopic (exact) mass is 476 g/mol. The van der Waals surface area contributed by atoms with E-state index < -0.39 is 11.6 Å². The Morgan fingerprint density at radius 1 is 0.743 bits per heavy atom. The van der Waals surface area contributed by atoms with Gasteiger partial charge in [0.25, 0.3) is 0 Å². The third-order valence-corrected chi connectivity index (χ3v) is 5.61. The van der Waals surface area contributed by atoms with E-state index in [1.54, 1.807) is 55.6 Å². The van der Waals surface area contributed by atoms with E-state index in [0.29, 0.717) is 45.1 Å². The lowest BCUT2D eigenvalue weighted by Gasteiger charge is -2.12. The SMILES string of the molecule is COc1cc(OC)cc(C(=O)Oc2ccc3c(C)c(-c4ccc(OC)c(OC)c4)c(=O)oc3c2)c1. The summed E-state index contributed by atoms with van der Waals surface area (Å²) in [6.45, 7) is 1.83. The molecule has 0 saturated heterocycles. The first kappa shape index (κ1) is 23.7. The fraction of sp³-hybridized carbons (Fsp3) is 0.185. The van der Waals surface area contributed by atoms with Crippen molar-refractivity contribution < 1.29 is 32.9 Å². The van der Waals surface area contributed by atoms with Crippen molar-refractivity contribution >= 4 is 16.9 Å². The third-order valence-electron chi connectivity index (χ3n) is 5.61. The third kappa shape index (κ3) is 4.63. The molecule has 0 aliphatic heterocycles. The van der Waals surface area contributed by atoms with Crippen LogP contribution in [0.15, 0.2) is 63.8 Å². The molecule has 0 amide bonds. The summed E-state index contributed by atoms with van der Waals surface area (Å²) in [7, 11) is 6.06. The summed E-state index contributed by atoms with van der Waals surface area (Å²) in [5.74, 6) is 1.59. The van der Waals surface area contributed by atoms with Crippen molar-refractivity contribution in [1.29, 1.82) is 0 Å². The van der Waals surface area contributed by atoms with Crippen molar-refractivity contribution in [3.8, 4) is 39.9 Å². The quantitative estimate of drug-likeness (QED) is 0.209. The molecule has 0 aliphatic rings. The fourth-order valence-corrected chi connectivity index (χ4v) is 3.82. The average molecular weight is 476 g/mol. The molecule has 0 atom stereocenters. The molecule has 1 aromatic heterocycles. The number of methoxy groups -OCH3 is 4. The highest BCUT2D eigenvalue weighted by Gasteiger charge is 2.18. The Kier molecular flexibility index (Phi) is 6.64. The predicted molar refractivity (Wildman–Crippen MR) is 130 cm³/mol. The van der Waals surface area contributed by atoms with Gasteiger partial charge in [-0.3, -0.25) is 0 Å². The van der Waals surface area contributed by atoms with Crippen LogP contribution in [-0.2, 0) is 0 Å². The number of carbonyl (C=O) groups is 1. The molecule has 0 radical (unpaired) electrons. The molecule has 0 aliphatic carbocycles. The lowest BCUT2D eigenvalue weighted by Crippen LogP contribution is -2.10. The van der Waals surface area contributed by atoms with Gasteiger partial charge in [-0.1, -0.05) is 6.07 Å². The molecule has 0 unspecified atom stereocenters. The minimum atomic E-state index is -0.609. The van der Waals surface area contributed by atoms with Crippen molar-refractivity contribution in [1.82, 2.24) is 0 Å². The van der Waals surface area contributed by atoms with Crippen LogP contribution < -0.4 is 29.3 Å². The molecule has 0 fully saturated rings. The van der Waals surface area contributed by atoms with Crippen molar-refractivity contribution in [2.45, 2.75) is 6.92 Å². The van der Waals surface area contributed by atoms with Gasteiger partial charge in [0, 0.05) is 17.5 Å². The van der Waals surface area contributed by atoms with E-state index >= 15 is 0 Å². The summed E-state index contributed by atoms with van der Waals surface area (Å²) in [6, 6.07) is 14.9. The molecular formula is C27H24O8. The highest BCUT2D eigenvalue weighted by molar-refractivity contribution is 5.93. The van der Waals surface area contributed by atoms with Gasteiger partial charge in [-0.25, -0.2) is 9.59 Å². The van der Waals surface area contributed by atoms with Crippen LogP contribution in [0, 0.1) is 6.92 Å². The molecule has 3 aromatic carbocycles. The van der Waals surface area contributed by atoms with E-state index in [2.05, 4.69) is 0 Å². The molecule has 0 bridgehead atoms. The Balaban J connectivity index is 1.70. The second-order valence-electron chi connectivity index (χ2n) is 7.61. The Morgan fingerprint density at radius 3 is 2.06 bits per heavy atom. The zero-order valence-electron chi connectivity index (χ0n) is 20.0. The van der Waals surface area contributed by atoms with Crippen LogP contribution in [0.1, 0.15) is 15.9 Å². The molecule has 0 N–H and O–H groups in total. The Labute approximate surface area is 201 Å². The zero-order chi connectivity index (χ0) is 25.1. The maximum atomic E-state index is 12.9. The second-order valence-corrected chi connectivity index (χ2v) is 7.61. The minimum Gasteiger partial charge on any atom is -0.497 e. The average Bonchev–Trinajstić information content (AvgIpc) is 2.87. The number of hydrogen-bond acceptors (Lipinski definition) is 8. The molecule has 4 rings (SSSR count). The second kappa shape index (κ2) is 9.80. The van der Waals surface area contributed by atoms with Gasteiger partial charge in [-0.2, -0.15) is 0 Å². The molecule has 1 heterocycles. The van der Waals surface area contributed by atoms with Crippen LogP contribution in [0.5, 0.6) is 28.7 Å². The van der Waals surface area contributed by atoms with Gasteiger partial charge in [0.2, 0.25) is 0 Å². The zero-order valence-corrected chi connectivity index (χ0v) is 20.0. The Morgan fingerprint density at radius 2 is 1.43 bits per heavy atom. The van der Waals surface area contributed by atoms with Crippen molar-refractivity contribution in [3.63, 3.8) is 0 Å². The van der Waals surface area contributed by atoms with E-state index in [-0.39, 0.29) is 11.3 Å². The number of rotatable bonds is 7. The van der Waals surface area contributed by atoms with Gasteiger partial charge in [-0.05, 0) is 54.4 Å². The van der Waals surface area contributed by atoms with Gasteiger partial charge in [-0.15, -0.1) is 0 Å². The molecule has 180 valence electrons. The molecule has 8 heteroatoms. The fourth-order valence-electron chi connectivity index (χ4n) is 3.82. The number of benzene rings is 3. The van der Waals surface area contributed by atoms with Crippen LogP contribution in [0.3, 0.4) is 0 Å². The first-order valence-corrected chi connectivity index (χ1v) is 10.6. The Hall–Kier alpha value is -4.46. The molecule has 0 spiro atoms. The number of ether oxygens (including phenoxy) is 5. The largest absolute Gasteiger partial charge is 0.497 e. The van der Waals surface area contributed by atoms with Crippen LogP contribution in [0.2, 0.25) is 0 Å². The van der Waals surface area contributed by atoms with Crippen molar-refractivity contribution in [2.24, 2.45) is 0 Å². The number of aryl methyl sites for hydroxylation is 1. The van der Waals surface area contributed by atoms with Gasteiger partial charge in [0.05, 0.1) is 39.6 Å². The maximum Gasteiger partial charge on any atom is 0.344 e. The van der Waals surface area contributed by atoms with Gasteiger partial charge in [0.1, 0.15) is 22.8 Å². The number of hydrogen-bond donors (Lipinski definition) is 0. The first-order valence-electron chi connectivity index (χ1n) is 10.6. The van der Waals surface area contributed by atoms with Crippen LogP contribution >= 0.6 is 0 Å². The summed E-state index contributed by atoms with van der Waals surface area (Å²) in [5, 5.41) is 0.706.